The van der Waals surface area contributed by atoms with Crippen LogP contribution in [-0.2, 0) is 17.9 Å². The molecule has 0 aliphatic carbocycles. The van der Waals surface area contributed by atoms with Gasteiger partial charge in [-0.2, -0.15) is 0 Å². The first kappa shape index (κ1) is 18.7. The van der Waals surface area contributed by atoms with Gasteiger partial charge in [-0.05, 0) is 47.0 Å². The van der Waals surface area contributed by atoms with E-state index in [1.807, 2.05) is 66.7 Å². The van der Waals surface area contributed by atoms with Crippen molar-refractivity contribution in [3.05, 3.63) is 107 Å². The molecule has 0 aromatic heterocycles. The minimum Gasteiger partial charge on any atom is -0.489 e. The van der Waals surface area contributed by atoms with E-state index in [0.717, 1.165) is 22.4 Å². The van der Waals surface area contributed by atoms with Gasteiger partial charge in [-0.1, -0.05) is 66.2 Å². The molecular formula is C23H20ClNO2. The molecule has 0 unspecified atom stereocenters. The van der Waals surface area contributed by atoms with Gasteiger partial charge in [0.2, 0.25) is 5.91 Å². The molecule has 1 amide bonds. The summed E-state index contributed by atoms with van der Waals surface area (Å²) in [6.45, 7) is 0.968. The zero-order valence-electron chi connectivity index (χ0n) is 14.8. The molecule has 0 aliphatic heterocycles. The van der Waals surface area contributed by atoms with E-state index in [1.165, 1.54) is 6.08 Å². The molecule has 27 heavy (non-hydrogen) atoms. The number of halogens is 1. The first-order valence-electron chi connectivity index (χ1n) is 8.66. The summed E-state index contributed by atoms with van der Waals surface area (Å²) in [5.41, 5.74) is 3.01. The van der Waals surface area contributed by atoms with Crippen LogP contribution in [0.25, 0.3) is 6.08 Å². The Balaban J connectivity index is 1.51. The lowest BCUT2D eigenvalue weighted by Crippen LogP contribution is -2.20. The largest absolute Gasteiger partial charge is 0.489 e. The van der Waals surface area contributed by atoms with E-state index < -0.39 is 0 Å². The second kappa shape index (κ2) is 9.60. The summed E-state index contributed by atoms with van der Waals surface area (Å²) in [6.07, 6.45) is 3.29. The molecule has 0 saturated heterocycles. The molecule has 3 aromatic rings. The lowest BCUT2D eigenvalue weighted by molar-refractivity contribution is -0.116. The molecule has 3 nitrogen and oxygen atoms in total. The van der Waals surface area contributed by atoms with Gasteiger partial charge >= 0.3 is 0 Å². The van der Waals surface area contributed by atoms with Crippen molar-refractivity contribution in [3.8, 4) is 5.75 Å². The van der Waals surface area contributed by atoms with Crippen LogP contribution in [0.4, 0.5) is 0 Å². The quantitative estimate of drug-likeness (QED) is 0.571. The number of carbonyl (C=O) groups excluding carboxylic acids is 1. The Kier molecular flexibility index (Phi) is 6.66. The Labute approximate surface area is 164 Å². The highest BCUT2D eigenvalue weighted by molar-refractivity contribution is 6.30. The van der Waals surface area contributed by atoms with Crippen LogP contribution in [-0.4, -0.2) is 5.91 Å². The maximum absolute atomic E-state index is 12.0. The van der Waals surface area contributed by atoms with Gasteiger partial charge in [-0.15, -0.1) is 0 Å². The zero-order chi connectivity index (χ0) is 18.9. The molecule has 3 aromatic carbocycles. The van der Waals surface area contributed by atoms with Crippen LogP contribution in [0.5, 0.6) is 5.75 Å². The summed E-state index contributed by atoms with van der Waals surface area (Å²) in [6, 6.07) is 25.0. The van der Waals surface area contributed by atoms with E-state index in [-0.39, 0.29) is 5.91 Å². The van der Waals surface area contributed by atoms with Crippen molar-refractivity contribution in [2.45, 2.75) is 13.2 Å². The topological polar surface area (TPSA) is 38.3 Å². The Hall–Kier alpha value is -3.04. The molecule has 1 N–H and O–H groups in total. The molecule has 0 radical (unpaired) electrons. The van der Waals surface area contributed by atoms with E-state index >= 15 is 0 Å². The van der Waals surface area contributed by atoms with Crippen LogP contribution in [0.2, 0.25) is 5.02 Å². The smallest absolute Gasteiger partial charge is 0.244 e. The predicted octanol–water partition coefficient (Wildman–Crippen LogP) is 5.25. The monoisotopic (exact) mass is 377 g/mol. The van der Waals surface area contributed by atoms with Gasteiger partial charge in [0.15, 0.2) is 0 Å². The van der Waals surface area contributed by atoms with Gasteiger partial charge < -0.3 is 10.1 Å². The highest BCUT2D eigenvalue weighted by Gasteiger charge is 1.99. The summed E-state index contributed by atoms with van der Waals surface area (Å²) in [5.74, 6) is 0.614. The molecule has 0 spiro atoms. The second-order valence-corrected chi connectivity index (χ2v) is 6.46. The average molecular weight is 378 g/mol. The number of amides is 1. The molecular weight excluding hydrogens is 358 g/mol. The van der Waals surface area contributed by atoms with Crippen LogP contribution < -0.4 is 10.1 Å². The molecule has 0 aliphatic rings. The Morgan fingerprint density at radius 2 is 1.70 bits per heavy atom. The molecule has 0 heterocycles. The first-order valence-corrected chi connectivity index (χ1v) is 9.04. The molecule has 0 atom stereocenters. The zero-order valence-corrected chi connectivity index (χ0v) is 15.5. The standard InChI is InChI=1S/C23H20ClNO2/c24-21-12-9-19(10-13-21)16-25-23(26)14-11-18-7-4-8-22(15-18)27-17-20-5-2-1-3-6-20/h1-15H,16-17H2,(H,25,26)/b14-11+. The fourth-order valence-electron chi connectivity index (χ4n) is 2.47. The van der Waals surface area contributed by atoms with Crippen LogP contribution in [0.3, 0.4) is 0 Å². The summed E-state index contributed by atoms with van der Waals surface area (Å²) in [5, 5.41) is 3.53. The van der Waals surface area contributed by atoms with Gasteiger partial charge in [0.05, 0.1) is 0 Å². The van der Waals surface area contributed by atoms with Crippen LogP contribution in [0.15, 0.2) is 84.9 Å². The lowest BCUT2D eigenvalue weighted by atomic mass is 10.2. The molecule has 0 bridgehead atoms. The highest BCUT2D eigenvalue weighted by Crippen LogP contribution is 2.16. The van der Waals surface area contributed by atoms with E-state index in [2.05, 4.69) is 5.32 Å². The van der Waals surface area contributed by atoms with Gasteiger partial charge in [-0.25, -0.2) is 0 Å². The maximum Gasteiger partial charge on any atom is 0.244 e. The number of benzene rings is 3. The molecule has 3 rings (SSSR count). The third-order valence-electron chi connectivity index (χ3n) is 3.91. The number of hydrogen-bond donors (Lipinski definition) is 1. The summed E-state index contributed by atoms with van der Waals surface area (Å²) >= 11 is 5.85. The van der Waals surface area contributed by atoms with Crippen molar-refractivity contribution in [1.82, 2.24) is 5.32 Å². The van der Waals surface area contributed by atoms with Crippen LogP contribution in [0, 0.1) is 0 Å². The van der Waals surface area contributed by atoms with Crippen LogP contribution >= 0.6 is 11.6 Å². The average Bonchev–Trinajstić information content (AvgIpc) is 2.71. The molecule has 136 valence electrons. The van der Waals surface area contributed by atoms with Gasteiger partial charge in [0.1, 0.15) is 12.4 Å². The van der Waals surface area contributed by atoms with Crippen molar-refractivity contribution in [3.63, 3.8) is 0 Å². The minimum absolute atomic E-state index is 0.152. The lowest BCUT2D eigenvalue weighted by Gasteiger charge is -2.07. The van der Waals surface area contributed by atoms with Crippen LogP contribution in [0.1, 0.15) is 16.7 Å². The van der Waals surface area contributed by atoms with Gasteiger partial charge in [0, 0.05) is 17.6 Å². The van der Waals surface area contributed by atoms with Crippen molar-refractivity contribution in [2.24, 2.45) is 0 Å². The number of hydrogen-bond acceptors (Lipinski definition) is 2. The number of carbonyl (C=O) groups is 1. The van der Waals surface area contributed by atoms with E-state index in [1.54, 1.807) is 18.2 Å². The minimum atomic E-state index is -0.152. The number of ether oxygens (including phenoxy) is 1. The molecule has 4 heteroatoms. The summed E-state index contributed by atoms with van der Waals surface area (Å²) < 4.78 is 5.81. The predicted molar refractivity (Wildman–Crippen MR) is 110 cm³/mol. The Bertz CT molecular complexity index is 905. The Morgan fingerprint density at radius 1 is 0.926 bits per heavy atom. The van der Waals surface area contributed by atoms with E-state index in [9.17, 15) is 4.79 Å². The molecule has 0 saturated carbocycles. The summed E-state index contributed by atoms with van der Waals surface area (Å²) in [7, 11) is 0. The third kappa shape index (κ3) is 6.32. The highest BCUT2D eigenvalue weighted by atomic mass is 35.5. The van der Waals surface area contributed by atoms with Crippen molar-refractivity contribution in [1.29, 1.82) is 0 Å². The van der Waals surface area contributed by atoms with Crippen molar-refractivity contribution >= 4 is 23.6 Å². The third-order valence-corrected chi connectivity index (χ3v) is 4.17. The maximum atomic E-state index is 12.0. The number of rotatable bonds is 7. The van der Waals surface area contributed by atoms with Crippen molar-refractivity contribution < 1.29 is 9.53 Å². The van der Waals surface area contributed by atoms with Gasteiger partial charge in [-0.3, -0.25) is 4.79 Å². The second-order valence-electron chi connectivity index (χ2n) is 6.02. The molecule has 0 fully saturated rings. The van der Waals surface area contributed by atoms with E-state index in [0.29, 0.717) is 18.2 Å². The van der Waals surface area contributed by atoms with E-state index in [4.69, 9.17) is 16.3 Å². The normalized spacial score (nSPS) is 10.7. The van der Waals surface area contributed by atoms with Gasteiger partial charge in [0.25, 0.3) is 0 Å². The van der Waals surface area contributed by atoms with Crippen molar-refractivity contribution in [2.75, 3.05) is 0 Å². The first-order chi connectivity index (χ1) is 13.2. The SMILES string of the molecule is O=C(/C=C/c1cccc(OCc2ccccc2)c1)NCc1ccc(Cl)cc1. The Morgan fingerprint density at radius 3 is 2.48 bits per heavy atom. The summed E-state index contributed by atoms with van der Waals surface area (Å²) in [4.78, 5) is 12.0. The fourth-order valence-corrected chi connectivity index (χ4v) is 2.60. The number of nitrogens with one attached hydrogen (secondary N) is 1. The fraction of sp³-hybridized carbons (Fsp3) is 0.0870.